The molecule has 0 unspecified atom stereocenters. The Morgan fingerprint density at radius 3 is 2.65 bits per heavy atom. The maximum atomic E-state index is 9.04. The first-order chi connectivity index (χ1) is 9.85. The summed E-state index contributed by atoms with van der Waals surface area (Å²) in [6, 6.07) is 11.9. The molecule has 3 nitrogen and oxygen atoms in total. The summed E-state index contributed by atoms with van der Waals surface area (Å²) in [5, 5.41) is 12.6. The molecule has 0 saturated heterocycles. The van der Waals surface area contributed by atoms with E-state index in [0.29, 0.717) is 18.6 Å². The summed E-state index contributed by atoms with van der Waals surface area (Å²) in [6.45, 7) is 5.30. The van der Waals surface area contributed by atoms with Crippen molar-refractivity contribution < 1.29 is 5.11 Å². The molecule has 112 valence electrons. The first kappa shape index (κ1) is 15.5. The Labute approximate surface area is 123 Å². The molecule has 0 bridgehead atoms. The number of aliphatic hydroxyl groups is 1. The molecule has 1 fully saturated rings. The van der Waals surface area contributed by atoms with Gasteiger partial charge in [-0.1, -0.05) is 50.1 Å². The van der Waals surface area contributed by atoms with E-state index in [9.17, 15) is 0 Å². The fourth-order valence-corrected chi connectivity index (χ4v) is 3.32. The van der Waals surface area contributed by atoms with Crippen LogP contribution in [0.1, 0.15) is 38.2 Å². The van der Waals surface area contributed by atoms with Crippen LogP contribution in [0.2, 0.25) is 0 Å². The van der Waals surface area contributed by atoms with E-state index in [1.807, 2.05) is 0 Å². The van der Waals surface area contributed by atoms with Crippen LogP contribution < -0.4 is 5.32 Å². The van der Waals surface area contributed by atoms with Crippen molar-refractivity contribution in [3.8, 4) is 0 Å². The summed E-state index contributed by atoms with van der Waals surface area (Å²) in [5.41, 5.74) is 1.39. The largest absolute Gasteiger partial charge is 0.395 e. The lowest BCUT2D eigenvalue weighted by molar-refractivity contribution is 0.117. The van der Waals surface area contributed by atoms with Crippen LogP contribution in [0.25, 0.3) is 0 Å². The predicted octanol–water partition coefficient (Wildman–Crippen LogP) is 2.40. The molecule has 1 aromatic rings. The van der Waals surface area contributed by atoms with Gasteiger partial charge in [0.15, 0.2) is 0 Å². The average molecular weight is 276 g/mol. The number of hydrogen-bond donors (Lipinski definition) is 2. The fraction of sp³-hybridized carbons (Fsp3) is 0.647. The lowest BCUT2D eigenvalue weighted by atomic mass is 9.88. The van der Waals surface area contributed by atoms with Gasteiger partial charge in [0.25, 0.3) is 0 Å². The SMILES string of the molecule is CCN(Cc1ccccc1)[C@H]1CCCC[C@@H]1NCCO. The third-order valence-corrected chi connectivity index (χ3v) is 4.35. The van der Waals surface area contributed by atoms with E-state index >= 15 is 0 Å². The van der Waals surface area contributed by atoms with E-state index in [2.05, 4.69) is 47.5 Å². The van der Waals surface area contributed by atoms with E-state index in [1.165, 1.54) is 31.2 Å². The zero-order valence-corrected chi connectivity index (χ0v) is 12.6. The van der Waals surface area contributed by atoms with Crippen LogP contribution in [0.3, 0.4) is 0 Å². The van der Waals surface area contributed by atoms with Crippen molar-refractivity contribution >= 4 is 0 Å². The predicted molar refractivity (Wildman–Crippen MR) is 83.7 cm³/mol. The summed E-state index contributed by atoms with van der Waals surface area (Å²) in [6.07, 6.45) is 5.13. The van der Waals surface area contributed by atoms with E-state index in [1.54, 1.807) is 0 Å². The van der Waals surface area contributed by atoms with E-state index < -0.39 is 0 Å². The minimum absolute atomic E-state index is 0.230. The minimum Gasteiger partial charge on any atom is -0.395 e. The minimum atomic E-state index is 0.230. The molecule has 0 aromatic heterocycles. The van der Waals surface area contributed by atoms with Crippen molar-refractivity contribution in [3.63, 3.8) is 0 Å². The second-order valence-corrected chi connectivity index (χ2v) is 5.68. The Bertz CT molecular complexity index is 369. The summed E-state index contributed by atoms with van der Waals surface area (Å²) >= 11 is 0. The number of rotatable bonds is 7. The Hall–Kier alpha value is -0.900. The topological polar surface area (TPSA) is 35.5 Å². The number of nitrogens with one attached hydrogen (secondary N) is 1. The Balaban J connectivity index is 1.99. The molecule has 20 heavy (non-hydrogen) atoms. The molecule has 1 aliphatic rings. The highest BCUT2D eigenvalue weighted by Crippen LogP contribution is 2.24. The van der Waals surface area contributed by atoms with Crippen LogP contribution in [-0.2, 0) is 6.54 Å². The van der Waals surface area contributed by atoms with Gasteiger partial charge in [-0.3, -0.25) is 4.90 Å². The second kappa shape index (κ2) is 8.40. The molecule has 2 atom stereocenters. The number of likely N-dealkylation sites (N-methyl/N-ethyl adjacent to an activating group) is 1. The quantitative estimate of drug-likeness (QED) is 0.803. The molecule has 1 saturated carbocycles. The fourth-order valence-electron chi connectivity index (χ4n) is 3.32. The van der Waals surface area contributed by atoms with Gasteiger partial charge >= 0.3 is 0 Å². The van der Waals surface area contributed by atoms with Crippen LogP contribution in [0.5, 0.6) is 0 Å². The normalized spacial score (nSPS) is 23.1. The molecule has 2 N–H and O–H groups in total. The van der Waals surface area contributed by atoms with Gasteiger partial charge in [-0.25, -0.2) is 0 Å². The zero-order valence-electron chi connectivity index (χ0n) is 12.6. The summed E-state index contributed by atoms with van der Waals surface area (Å²) < 4.78 is 0. The van der Waals surface area contributed by atoms with E-state index in [-0.39, 0.29) is 6.61 Å². The molecular formula is C17H28N2O. The third kappa shape index (κ3) is 4.30. The van der Waals surface area contributed by atoms with E-state index in [0.717, 1.165) is 13.1 Å². The average Bonchev–Trinajstić information content (AvgIpc) is 2.52. The van der Waals surface area contributed by atoms with Crippen LogP contribution >= 0.6 is 0 Å². The number of aliphatic hydroxyl groups excluding tert-OH is 1. The van der Waals surface area contributed by atoms with Crippen molar-refractivity contribution in [2.45, 2.75) is 51.2 Å². The maximum absolute atomic E-state index is 9.04. The summed E-state index contributed by atoms with van der Waals surface area (Å²) in [5.74, 6) is 0. The Kier molecular flexibility index (Phi) is 6.51. The molecule has 0 aliphatic heterocycles. The van der Waals surface area contributed by atoms with E-state index in [4.69, 9.17) is 5.11 Å². The third-order valence-electron chi connectivity index (χ3n) is 4.35. The lowest BCUT2D eigenvalue weighted by Crippen LogP contribution is -2.52. The van der Waals surface area contributed by atoms with Gasteiger partial charge in [0, 0.05) is 25.2 Å². The maximum Gasteiger partial charge on any atom is 0.0556 e. The van der Waals surface area contributed by atoms with Crippen LogP contribution in [0.15, 0.2) is 30.3 Å². The summed E-state index contributed by atoms with van der Waals surface area (Å²) in [4.78, 5) is 2.59. The standard InChI is InChI=1S/C17H28N2O/c1-2-19(14-15-8-4-3-5-9-15)17-11-7-6-10-16(17)18-12-13-20/h3-5,8-9,16-18,20H,2,6-7,10-14H2,1H3/t16-,17-/m0/s1. The van der Waals surface area contributed by atoms with Crippen molar-refractivity contribution in [2.24, 2.45) is 0 Å². The highest BCUT2D eigenvalue weighted by Gasteiger charge is 2.28. The van der Waals surface area contributed by atoms with Gasteiger partial charge in [-0.2, -0.15) is 0 Å². The van der Waals surface area contributed by atoms with Gasteiger partial charge in [0.2, 0.25) is 0 Å². The Morgan fingerprint density at radius 1 is 1.20 bits per heavy atom. The van der Waals surface area contributed by atoms with Crippen LogP contribution in [0.4, 0.5) is 0 Å². The number of hydrogen-bond acceptors (Lipinski definition) is 3. The Morgan fingerprint density at radius 2 is 1.95 bits per heavy atom. The van der Waals surface area contributed by atoms with Gasteiger partial charge in [-0.15, -0.1) is 0 Å². The van der Waals surface area contributed by atoms with Crippen molar-refractivity contribution in [1.82, 2.24) is 10.2 Å². The van der Waals surface area contributed by atoms with Crippen LogP contribution in [-0.4, -0.2) is 41.8 Å². The van der Waals surface area contributed by atoms with Crippen molar-refractivity contribution in [2.75, 3.05) is 19.7 Å². The molecule has 0 spiro atoms. The first-order valence-corrected chi connectivity index (χ1v) is 7.97. The molecule has 1 aliphatic carbocycles. The highest BCUT2D eigenvalue weighted by atomic mass is 16.3. The molecule has 3 heteroatoms. The zero-order chi connectivity index (χ0) is 14.2. The molecule has 0 amide bonds. The van der Waals surface area contributed by atoms with Crippen molar-refractivity contribution in [3.05, 3.63) is 35.9 Å². The van der Waals surface area contributed by atoms with Crippen molar-refractivity contribution in [1.29, 1.82) is 0 Å². The molecule has 2 rings (SSSR count). The first-order valence-electron chi connectivity index (χ1n) is 7.97. The molecule has 0 radical (unpaired) electrons. The van der Waals surface area contributed by atoms with Gasteiger partial charge < -0.3 is 10.4 Å². The van der Waals surface area contributed by atoms with Gasteiger partial charge in [0.05, 0.1) is 6.61 Å². The lowest BCUT2D eigenvalue weighted by Gasteiger charge is -2.40. The smallest absolute Gasteiger partial charge is 0.0556 e. The molecule has 0 heterocycles. The second-order valence-electron chi connectivity index (χ2n) is 5.68. The molecule has 1 aromatic carbocycles. The number of benzene rings is 1. The molecular weight excluding hydrogens is 248 g/mol. The highest BCUT2D eigenvalue weighted by molar-refractivity contribution is 5.14. The van der Waals surface area contributed by atoms with Gasteiger partial charge in [-0.05, 0) is 24.9 Å². The van der Waals surface area contributed by atoms with Crippen LogP contribution in [0, 0.1) is 0 Å². The van der Waals surface area contributed by atoms with Gasteiger partial charge in [0.1, 0.15) is 0 Å². The monoisotopic (exact) mass is 276 g/mol. The number of nitrogens with zero attached hydrogens (tertiary/aromatic N) is 1. The summed E-state index contributed by atoms with van der Waals surface area (Å²) in [7, 11) is 0.